The number of hydrogen-bond donors (Lipinski definition) is 1. The van der Waals surface area contributed by atoms with Crippen LogP contribution in [0.5, 0.6) is 0 Å². The Hall–Kier alpha value is -1.10. The molecule has 0 radical (unpaired) electrons. The number of H-pyrrole nitrogens is 1. The molecule has 0 unspecified atom stereocenters. The Morgan fingerprint density at radius 1 is 1.36 bits per heavy atom. The molecule has 0 fully saturated rings. The van der Waals surface area contributed by atoms with Gasteiger partial charge in [0.25, 0.3) is 0 Å². The van der Waals surface area contributed by atoms with Crippen LogP contribution in [0.3, 0.4) is 0 Å². The number of aryl methyl sites for hydroxylation is 1. The van der Waals surface area contributed by atoms with Gasteiger partial charge in [-0.2, -0.15) is 16.7 Å². The first-order chi connectivity index (χ1) is 6.81. The number of carbonyl (C=O) groups excluding carboxylic acids is 1. The summed E-state index contributed by atoms with van der Waals surface area (Å²) < 4.78 is 0. The maximum absolute atomic E-state index is 11.1. The van der Waals surface area contributed by atoms with Gasteiger partial charge < -0.3 is 4.98 Å². The van der Waals surface area contributed by atoms with E-state index in [1.807, 2.05) is 11.8 Å². The third-order valence-electron chi connectivity index (χ3n) is 2.26. The quantitative estimate of drug-likeness (QED) is 0.682. The van der Waals surface area contributed by atoms with Crippen molar-refractivity contribution < 1.29 is 4.79 Å². The fraction of sp³-hybridized carbons (Fsp3) is 0.444. The van der Waals surface area contributed by atoms with Crippen molar-refractivity contribution in [2.75, 3.05) is 11.5 Å². The zero-order valence-corrected chi connectivity index (χ0v) is 8.39. The molecule has 0 atom stereocenters. The molecule has 0 saturated carbocycles. The number of aromatic amines is 1. The zero-order valence-electron chi connectivity index (χ0n) is 7.58. The molecule has 2 rings (SSSR count). The summed E-state index contributed by atoms with van der Waals surface area (Å²) in [7, 11) is 0. The van der Waals surface area contributed by atoms with E-state index in [4.69, 9.17) is 0 Å². The summed E-state index contributed by atoms with van der Waals surface area (Å²) in [6.07, 6.45) is 2.31. The van der Waals surface area contributed by atoms with Gasteiger partial charge in [-0.3, -0.25) is 4.79 Å². The second-order valence-corrected chi connectivity index (χ2v) is 4.34. The van der Waals surface area contributed by atoms with Crippen molar-refractivity contribution in [2.45, 2.75) is 12.8 Å². The Labute approximate surface area is 85.1 Å². The van der Waals surface area contributed by atoms with E-state index in [1.165, 1.54) is 0 Å². The largest absolute Gasteiger partial charge is 0.345 e. The van der Waals surface area contributed by atoms with Crippen LogP contribution in [0, 0.1) is 0 Å². The van der Waals surface area contributed by atoms with Crippen molar-refractivity contribution in [1.82, 2.24) is 9.97 Å². The molecule has 1 aliphatic rings. The number of hydrogen-bond acceptors (Lipinski definition) is 4. The van der Waals surface area contributed by atoms with Gasteiger partial charge in [0, 0.05) is 11.3 Å². The zero-order chi connectivity index (χ0) is 9.97. The van der Waals surface area contributed by atoms with Crippen LogP contribution >= 0.6 is 11.8 Å². The summed E-state index contributed by atoms with van der Waals surface area (Å²) in [6.45, 7) is 0. The second kappa shape index (κ2) is 3.96. The van der Waals surface area contributed by atoms with Crippen molar-refractivity contribution in [3.63, 3.8) is 0 Å². The molecule has 0 amide bonds. The number of rotatable bonds is 1. The minimum Gasteiger partial charge on any atom is -0.309 e. The topological polar surface area (TPSA) is 62.8 Å². The van der Waals surface area contributed by atoms with Crippen LogP contribution in [0.4, 0.5) is 0 Å². The number of carbonyl (C=O) groups is 1. The van der Waals surface area contributed by atoms with Gasteiger partial charge in [-0.05, 0) is 24.3 Å². The van der Waals surface area contributed by atoms with Crippen LogP contribution in [0.1, 0.15) is 21.7 Å². The molecule has 5 heteroatoms. The minimum atomic E-state index is -0.419. The SMILES string of the molecule is O=Cc1nc(=O)[nH]c2c1CCSCC2. The first-order valence-electron chi connectivity index (χ1n) is 4.46. The summed E-state index contributed by atoms with van der Waals surface area (Å²) in [6, 6.07) is 0. The van der Waals surface area contributed by atoms with Crippen molar-refractivity contribution in [2.24, 2.45) is 0 Å². The van der Waals surface area contributed by atoms with E-state index in [-0.39, 0.29) is 0 Å². The molecule has 0 aliphatic carbocycles. The smallest absolute Gasteiger partial charge is 0.309 e. The maximum atomic E-state index is 11.1. The van der Waals surface area contributed by atoms with Gasteiger partial charge in [0.15, 0.2) is 6.29 Å². The van der Waals surface area contributed by atoms with E-state index < -0.39 is 5.69 Å². The molecule has 2 heterocycles. The second-order valence-electron chi connectivity index (χ2n) is 3.11. The molecule has 14 heavy (non-hydrogen) atoms. The van der Waals surface area contributed by atoms with Gasteiger partial charge >= 0.3 is 5.69 Å². The summed E-state index contributed by atoms with van der Waals surface area (Å²) in [5.74, 6) is 1.98. The minimum absolute atomic E-state index is 0.311. The number of nitrogens with zero attached hydrogens (tertiary/aromatic N) is 1. The number of thioether (sulfide) groups is 1. The molecular weight excluding hydrogens is 200 g/mol. The molecule has 0 bridgehead atoms. The molecule has 1 aromatic heterocycles. The van der Waals surface area contributed by atoms with E-state index in [2.05, 4.69) is 9.97 Å². The molecule has 0 saturated heterocycles. The highest BCUT2D eigenvalue weighted by atomic mass is 32.2. The van der Waals surface area contributed by atoms with Crippen LogP contribution in [0.2, 0.25) is 0 Å². The fourth-order valence-corrected chi connectivity index (χ4v) is 2.51. The average Bonchev–Trinajstić information content (AvgIpc) is 2.41. The Balaban J connectivity index is 2.57. The maximum Gasteiger partial charge on any atom is 0.345 e. The number of aldehydes is 1. The number of nitrogens with one attached hydrogen (secondary N) is 1. The highest BCUT2D eigenvalue weighted by molar-refractivity contribution is 7.99. The third-order valence-corrected chi connectivity index (χ3v) is 3.24. The highest BCUT2D eigenvalue weighted by Gasteiger charge is 2.14. The van der Waals surface area contributed by atoms with Crippen molar-refractivity contribution >= 4 is 18.0 Å². The lowest BCUT2D eigenvalue weighted by Crippen LogP contribution is -2.19. The Kier molecular flexibility index (Phi) is 2.67. The van der Waals surface area contributed by atoms with Crippen LogP contribution in [0.25, 0.3) is 0 Å². The van der Waals surface area contributed by atoms with Gasteiger partial charge in [-0.15, -0.1) is 0 Å². The lowest BCUT2D eigenvalue weighted by molar-refractivity contribution is 0.111. The van der Waals surface area contributed by atoms with Crippen LogP contribution in [-0.2, 0) is 12.8 Å². The average molecular weight is 210 g/mol. The first kappa shape index (κ1) is 9.45. The van der Waals surface area contributed by atoms with Gasteiger partial charge in [0.05, 0.1) is 0 Å². The molecule has 1 aromatic rings. The normalized spacial score (nSPS) is 15.7. The van der Waals surface area contributed by atoms with E-state index in [1.54, 1.807) is 0 Å². The fourth-order valence-electron chi connectivity index (χ4n) is 1.60. The standard InChI is InChI=1S/C9H10N2O2S/c12-5-8-6-1-3-14-4-2-7(6)10-9(13)11-8/h5H,1-4H2,(H,10,11,13). The van der Waals surface area contributed by atoms with Crippen molar-refractivity contribution in [1.29, 1.82) is 0 Å². The van der Waals surface area contributed by atoms with E-state index in [0.29, 0.717) is 12.0 Å². The lowest BCUT2D eigenvalue weighted by Gasteiger charge is -2.05. The van der Waals surface area contributed by atoms with Crippen LogP contribution in [0.15, 0.2) is 4.79 Å². The van der Waals surface area contributed by atoms with Crippen LogP contribution < -0.4 is 5.69 Å². The molecule has 1 N–H and O–H groups in total. The highest BCUT2D eigenvalue weighted by Crippen LogP contribution is 2.18. The van der Waals surface area contributed by atoms with Gasteiger partial charge in [-0.25, -0.2) is 4.79 Å². The molecule has 0 spiro atoms. The number of fused-ring (bicyclic) bond motifs is 1. The van der Waals surface area contributed by atoms with Crippen molar-refractivity contribution in [3.8, 4) is 0 Å². The summed E-state index contributed by atoms with van der Waals surface area (Å²) >= 11 is 1.83. The summed E-state index contributed by atoms with van der Waals surface area (Å²) in [5, 5.41) is 0. The predicted molar refractivity (Wildman–Crippen MR) is 55.0 cm³/mol. The van der Waals surface area contributed by atoms with E-state index >= 15 is 0 Å². The molecular formula is C9H10N2O2S. The summed E-state index contributed by atoms with van der Waals surface area (Å²) in [5.41, 5.74) is 1.70. The monoisotopic (exact) mass is 210 g/mol. The Bertz CT molecular complexity index is 414. The predicted octanol–water partition coefficient (Wildman–Crippen LogP) is 0.414. The Morgan fingerprint density at radius 2 is 2.14 bits per heavy atom. The molecule has 74 valence electrons. The molecule has 1 aliphatic heterocycles. The third kappa shape index (κ3) is 1.72. The molecule has 0 aromatic carbocycles. The van der Waals surface area contributed by atoms with Gasteiger partial charge in [-0.1, -0.05) is 0 Å². The lowest BCUT2D eigenvalue weighted by atomic mass is 10.1. The van der Waals surface area contributed by atoms with Gasteiger partial charge in [0.2, 0.25) is 0 Å². The van der Waals surface area contributed by atoms with Gasteiger partial charge in [0.1, 0.15) is 5.69 Å². The van der Waals surface area contributed by atoms with E-state index in [9.17, 15) is 9.59 Å². The first-order valence-corrected chi connectivity index (χ1v) is 5.61. The Morgan fingerprint density at radius 3 is 2.93 bits per heavy atom. The van der Waals surface area contributed by atoms with Crippen molar-refractivity contribution in [3.05, 3.63) is 27.4 Å². The van der Waals surface area contributed by atoms with E-state index in [0.717, 1.165) is 35.6 Å². The summed E-state index contributed by atoms with van der Waals surface area (Å²) in [4.78, 5) is 28.2. The molecule has 4 nitrogen and oxygen atoms in total. The van der Waals surface area contributed by atoms with Crippen LogP contribution in [-0.4, -0.2) is 27.8 Å². The number of aromatic nitrogens is 2.